The van der Waals surface area contributed by atoms with Crippen molar-refractivity contribution in [3.8, 4) is 0 Å². The van der Waals surface area contributed by atoms with E-state index in [1.807, 2.05) is 23.1 Å². The smallest absolute Gasteiger partial charge is 0.289 e. The maximum atomic E-state index is 12.6. The summed E-state index contributed by atoms with van der Waals surface area (Å²) < 4.78 is 5.21. The van der Waals surface area contributed by atoms with Gasteiger partial charge in [-0.1, -0.05) is 18.2 Å². The molecule has 8 nitrogen and oxygen atoms in total. The molecule has 2 amide bonds. The lowest BCUT2D eigenvalue weighted by Crippen LogP contribution is -2.53. The summed E-state index contributed by atoms with van der Waals surface area (Å²) in [6, 6.07) is 11.5. The molecule has 0 unspecified atom stereocenters. The maximum Gasteiger partial charge on any atom is 0.289 e. The molecule has 1 saturated heterocycles. The van der Waals surface area contributed by atoms with Gasteiger partial charge in [0, 0.05) is 58.4 Å². The van der Waals surface area contributed by atoms with Gasteiger partial charge in [0.25, 0.3) is 5.91 Å². The van der Waals surface area contributed by atoms with Crippen LogP contribution in [0.25, 0.3) is 0 Å². The van der Waals surface area contributed by atoms with Gasteiger partial charge >= 0.3 is 0 Å². The monoisotopic (exact) mass is 551 g/mol. The van der Waals surface area contributed by atoms with Crippen LogP contribution in [0, 0.1) is 0 Å². The Morgan fingerprint density at radius 1 is 1.03 bits per heavy atom. The lowest BCUT2D eigenvalue weighted by Gasteiger charge is -2.36. The number of guanidine groups is 1. The predicted octanol–water partition coefficient (Wildman–Crippen LogP) is 2.60. The molecule has 4 rings (SSSR count). The van der Waals surface area contributed by atoms with Crippen LogP contribution >= 0.6 is 24.0 Å². The second-order valence-electron chi connectivity index (χ2n) is 7.76. The number of hydrogen-bond donors (Lipinski definition) is 1. The maximum absolute atomic E-state index is 12.6. The van der Waals surface area contributed by atoms with Gasteiger partial charge in [0.2, 0.25) is 5.91 Å². The van der Waals surface area contributed by atoms with Gasteiger partial charge < -0.3 is 24.4 Å². The SMILES string of the molecule is CN=C(NCCCC(=O)N1CCc2ccccc21)N1CCN(C(=O)c2ccco2)CC1.I. The number of furan rings is 1. The van der Waals surface area contributed by atoms with E-state index in [0.29, 0.717) is 44.9 Å². The molecule has 2 aromatic rings. The molecule has 0 saturated carbocycles. The summed E-state index contributed by atoms with van der Waals surface area (Å²) in [7, 11) is 1.76. The number of halogens is 1. The zero-order valence-electron chi connectivity index (χ0n) is 18.3. The van der Waals surface area contributed by atoms with E-state index in [0.717, 1.165) is 31.0 Å². The van der Waals surface area contributed by atoms with Crippen LogP contribution in [0.15, 0.2) is 52.1 Å². The van der Waals surface area contributed by atoms with E-state index >= 15 is 0 Å². The average Bonchev–Trinajstić information content (AvgIpc) is 3.49. The van der Waals surface area contributed by atoms with Crippen molar-refractivity contribution in [3.63, 3.8) is 0 Å². The first-order chi connectivity index (χ1) is 15.2. The minimum atomic E-state index is -0.0744. The molecule has 1 aromatic carbocycles. The zero-order chi connectivity index (χ0) is 21.6. The molecule has 1 aromatic heterocycles. The van der Waals surface area contributed by atoms with Crippen molar-refractivity contribution in [2.75, 3.05) is 51.2 Å². The number of piperazine rings is 1. The fraction of sp³-hybridized carbons (Fsp3) is 0.435. The molecule has 3 heterocycles. The van der Waals surface area contributed by atoms with Crippen LogP contribution in [0.5, 0.6) is 0 Å². The molecule has 0 atom stereocenters. The first-order valence-corrected chi connectivity index (χ1v) is 10.8. The average molecular weight is 551 g/mol. The van der Waals surface area contributed by atoms with Crippen molar-refractivity contribution in [3.05, 3.63) is 54.0 Å². The van der Waals surface area contributed by atoms with Gasteiger partial charge in [-0.25, -0.2) is 0 Å². The number of carbonyl (C=O) groups excluding carboxylic acids is 2. The Labute approximate surface area is 205 Å². The molecular formula is C23H30IN5O3. The molecule has 32 heavy (non-hydrogen) atoms. The second-order valence-corrected chi connectivity index (χ2v) is 7.76. The molecule has 172 valence electrons. The number of para-hydroxylation sites is 1. The number of fused-ring (bicyclic) bond motifs is 1. The van der Waals surface area contributed by atoms with Crippen LogP contribution in [0.2, 0.25) is 0 Å². The quantitative estimate of drug-likeness (QED) is 0.268. The molecule has 0 bridgehead atoms. The van der Waals surface area contributed by atoms with Crippen LogP contribution in [0.1, 0.15) is 29.0 Å². The van der Waals surface area contributed by atoms with Gasteiger partial charge in [-0.15, -0.1) is 24.0 Å². The molecule has 2 aliphatic heterocycles. The Bertz CT molecular complexity index is 939. The number of nitrogens with one attached hydrogen (secondary N) is 1. The number of rotatable bonds is 5. The molecule has 9 heteroatoms. The topological polar surface area (TPSA) is 81.4 Å². The van der Waals surface area contributed by atoms with Crippen molar-refractivity contribution in [2.45, 2.75) is 19.3 Å². The van der Waals surface area contributed by atoms with E-state index in [1.165, 1.54) is 11.8 Å². The highest BCUT2D eigenvalue weighted by Gasteiger charge is 2.26. The first-order valence-electron chi connectivity index (χ1n) is 10.8. The lowest BCUT2D eigenvalue weighted by molar-refractivity contribution is -0.118. The number of benzene rings is 1. The summed E-state index contributed by atoms with van der Waals surface area (Å²) in [5, 5.41) is 3.36. The van der Waals surface area contributed by atoms with Crippen molar-refractivity contribution < 1.29 is 14.0 Å². The Balaban J connectivity index is 0.00000289. The van der Waals surface area contributed by atoms with Crippen LogP contribution < -0.4 is 10.2 Å². The fourth-order valence-electron chi connectivity index (χ4n) is 4.18. The number of hydrogen-bond acceptors (Lipinski definition) is 4. The van der Waals surface area contributed by atoms with E-state index in [4.69, 9.17) is 4.42 Å². The number of amides is 2. The van der Waals surface area contributed by atoms with E-state index in [2.05, 4.69) is 21.3 Å². The van der Waals surface area contributed by atoms with Gasteiger partial charge in [-0.3, -0.25) is 14.6 Å². The molecule has 0 aliphatic carbocycles. The zero-order valence-corrected chi connectivity index (χ0v) is 20.7. The highest BCUT2D eigenvalue weighted by atomic mass is 127. The summed E-state index contributed by atoms with van der Waals surface area (Å²) in [5.74, 6) is 1.28. The Morgan fingerprint density at radius 3 is 2.50 bits per heavy atom. The van der Waals surface area contributed by atoms with E-state index in [1.54, 1.807) is 24.1 Å². The molecule has 2 aliphatic rings. The van der Waals surface area contributed by atoms with Crippen molar-refractivity contribution in [2.24, 2.45) is 4.99 Å². The fourth-order valence-corrected chi connectivity index (χ4v) is 4.18. The molecule has 0 radical (unpaired) electrons. The number of carbonyl (C=O) groups is 2. The number of aliphatic imine (C=N–C) groups is 1. The summed E-state index contributed by atoms with van der Waals surface area (Å²) in [4.78, 5) is 35.2. The summed E-state index contributed by atoms with van der Waals surface area (Å²) in [6.45, 7) is 4.10. The van der Waals surface area contributed by atoms with Gasteiger partial charge in [-0.05, 0) is 36.6 Å². The highest BCUT2D eigenvalue weighted by molar-refractivity contribution is 14.0. The van der Waals surface area contributed by atoms with E-state index in [-0.39, 0.29) is 35.8 Å². The standard InChI is InChI=1S/C23H29N5O3.HI/c1-24-23(27-15-13-26(14-16-27)22(30)20-8-5-17-31-20)25-11-4-9-21(29)28-12-10-18-6-2-3-7-19(18)28;/h2-3,5-8,17H,4,9-16H2,1H3,(H,24,25);1H. The van der Waals surface area contributed by atoms with Crippen LogP contribution in [0.4, 0.5) is 5.69 Å². The van der Waals surface area contributed by atoms with E-state index < -0.39 is 0 Å². The third-order valence-corrected chi connectivity index (χ3v) is 5.85. The summed E-state index contributed by atoms with van der Waals surface area (Å²) >= 11 is 0. The normalized spacial score (nSPS) is 15.9. The summed E-state index contributed by atoms with van der Waals surface area (Å²) in [5.41, 5.74) is 2.30. The largest absolute Gasteiger partial charge is 0.459 e. The van der Waals surface area contributed by atoms with Gasteiger partial charge in [0.05, 0.1) is 6.26 Å². The summed E-state index contributed by atoms with van der Waals surface area (Å²) in [6.07, 6.45) is 3.70. The van der Waals surface area contributed by atoms with Gasteiger partial charge in [-0.2, -0.15) is 0 Å². The van der Waals surface area contributed by atoms with Crippen molar-refractivity contribution in [1.82, 2.24) is 15.1 Å². The molecule has 1 fully saturated rings. The highest BCUT2D eigenvalue weighted by Crippen LogP contribution is 2.28. The van der Waals surface area contributed by atoms with Crippen LogP contribution in [0.3, 0.4) is 0 Å². The van der Waals surface area contributed by atoms with Crippen molar-refractivity contribution in [1.29, 1.82) is 0 Å². The Kier molecular flexibility index (Phi) is 8.54. The third kappa shape index (κ3) is 5.43. The molecular weight excluding hydrogens is 521 g/mol. The van der Waals surface area contributed by atoms with Crippen molar-refractivity contribution >= 4 is 47.4 Å². The number of nitrogens with zero attached hydrogens (tertiary/aromatic N) is 4. The van der Waals surface area contributed by atoms with Crippen LogP contribution in [-0.4, -0.2) is 73.9 Å². The minimum absolute atomic E-state index is 0. The Morgan fingerprint density at radius 2 is 1.78 bits per heavy atom. The minimum Gasteiger partial charge on any atom is -0.459 e. The van der Waals surface area contributed by atoms with E-state index in [9.17, 15) is 9.59 Å². The predicted molar refractivity (Wildman–Crippen MR) is 135 cm³/mol. The number of anilines is 1. The van der Waals surface area contributed by atoms with Gasteiger partial charge in [0.15, 0.2) is 11.7 Å². The third-order valence-electron chi connectivity index (χ3n) is 5.85. The molecule has 0 spiro atoms. The molecule has 1 N–H and O–H groups in total. The van der Waals surface area contributed by atoms with Crippen LogP contribution in [-0.2, 0) is 11.2 Å². The first kappa shape index (κ1) is 24.1. The second kappa shape index (κ2) is 11.3. The lowest BCUT2D eigenvalue weighted by atomic mass is 10.2. The Hall–Kier alpha value is -2.56. The van der Waals surface area contributed by atoms with Gasteiger partial charge in [0.1, 0.15) is 0 Å².